The second-order valence-electron chi connectivity index (χ2n) is 7.17. The predicted molar refractivity (Wildman–Crippen MR) is 104 cm³/mol. The van der Waals surface area contributed by atoms with E-state index in [4.69, 9.17) is 4.74 Å². The molecule has 1 aliphatic carbocycles. The molecule has 1 heterocycles. The molecule has 0 radical (unpaired) electrons. The van der Waals surface area contributed by atoms with Crippen molar-refractivity contribution in [3.63, 3.8) is 0 Å². The summed E-state index contributed by atoms with van der Waals surface area (Å²) < 4.78 is 7.18. The van der Waals surface area contributed by atoms with Gasteiger partial charge in [0.2, 0.25) is 0 Å². The molecule has 0 bridgehead atoms. The Morgan fingerprint density at radius 3 is 2.50 bits per heavy atom. The van der Waals surface area contributed by atoms with Crippen molar-refractivity contribution in [1.29, 1.82) is 0 Å². The Morgan fingerprint density at radius 1 is 1.07 bits per heavy atom. The Bertz CT molecular complexity index is 888. The Hall–Kier alpha value is -3.22. The summed E-state index contributed by atoms with van der Waals surface area (Å²) in [5.41, 5.74) is 2.18. The second kappa shape index (κ2) is 8.21. The van der Waals surface area contributed by atoms with Crippen LogP contribution in [0.25, 0.3) is 5.69 Å². The summed E-state index contributed by atoms with van der Waals surface area (Å²) in [5, 5.41) is 14.1. The third kappa shape index (κ3) is 4.03. The number of carbonyl (C=O) groups excluding carboxylic acids is 1. The fourth-order valence-electron chi connectivity index (χ4n) is 3.85. The van der Waals surface area contributed by atoms with Gasteiger partial charge in [-0.05, 0) is 53.1 Å². The van der Waals surface area contributed by atoms with Crippen LogP contribution in [0.5, 0.6) is 5.75 Å². The van der Waals surface area contributed by atoms with Gasteiger partial charge in [-0.1, -0.05) is 43.2 Å². The molecule has 1 aliphatic rings. The quantitative estimate of drug-likeness (QED) is 0.685. The van der Waals surface area contributed by atoms with Gasteiger partial charge in [-0.25, -0.2) is 4.68 Å². The number of nitrogens with zero attached hydrogens (tertiary/aromatic N) is 4. The smallest absolute Gasteiger partial charge is 0.257 e. The van der Waals surface area contributed by atoms with Crippen molar-refractivity contribution in [3.8, 4) is 11.4 Å². The highest BCUT2D eigenvalue weighted by Gasteiger charge is 2.35. The van der Waals surface area contributed by atoms with E-state index in [1.54, 1.807) is 16.8 Å². The zero-order valence-electron chi connectivity index (χ0n) is 15.6. The van der Waals surface area contributed by atoms with Gasteiger partial charge in [-0.15, -0.1) is 5.10 Å². The van der Waals surface area contributed by atoms with Crippen molar-refractivity contribution in [3.05, 3.63) is 66.5 Å². The molecule has 7 nitrogen and oxygen atoms in total. The molecular formula is C21H23N5O2. The van der Waals surface area contributed by atoms with Gasteiger partial charge in [0.05, 0.1) is 5.69 Å². The van der Waals surface area contributed by atoms with Crippen LogP contribution < -0.4 is 10.1 Å². The van der Waals surface area contributed by atoms with Crippen LogP contribution in [0.4, 0.5) is 0 Å². The molecule has 1 N–H and O–H groups in total. The number of benzene rings is 2. The average Bonchev–Trinajstić information content (AvgIpc) is 3.45. The van der Waals surface area contributed by atoms with Crippen LogP contribution in [-0.2, 0) is 10.2 Å². The van der Waals surface area contributed by atoms with Gasteiger partial charge in [0, 0.05) is 12.0 Å². The first-order valence-electron chi connectivity index (χ1n) is 9.54. The molecule has 1 fully saturated rings. The van der Waals surface area contributed by atoms with Gasteiger partial charge >= 0.3 is 0 Å². The van der Waals surface area contributed by atoms with Gasteiger partial charge in [0.25, 0.3) is 5.91 Å². The van der Waals surface area contributed by atoms with Crippen LogP contribution in [0.2, 0.25) is 0 Å². The summed E-state index contributed by atoms with van der Waals surface area (Å²) in [6.45, 7) is 0.645. The molecule has 2 aromatic carbocycles. The topological polar surface area (TPSA) is 81.9 Å². The Balaban J connectivity index is 1.31. The van der Waals surface area contributed by atoms with E-state index in [-0.39, 0.29) is 17.9 Å². The summed E-state index contributed by atoms with van der Waals surface area (Å²) in [4.78, 5) is 12.3. The minimum Gasteiger partial charge on any atom is -0.484 e. The van der Waals surface area contributed by atoms with Crippen LogP contribution in [0, 0.1) is 0 Å². The van der Waals surface area contributed by atoms with Gasteiger partial charge in [0.1, 0.15) is 12.1 Å². The third-order valence-electron chi connectivity index (χ3n) is 5.39. The van der Waals surface area contributed by atoms with E-state index in [9.17, 15) is 4.79 Å². The SMILES string of the molecule is O=C(COc1ccc(-n2cnnn2)cc1)NCC1(c2ccccc2)CCCC1. The van der Waals surface area contributed by atoms with Gasteiger partial charge in [-0.3, -0.25) is 4.79 Å². The fraction of sp³-hybridized carbons (Fsp3) is 0.333. The summed E-state index contributed by atoms with van der Waals surface area (Å²) >= 11 is 0. The predicted octanol–water partition coefficient (Wildman–Crippen LogP) is 2.67. The Kier molecular flexibility index (Phi) is 5.32. The van der Waals surface area contributed by atoms with E-state index in [0.717, 1.165) is 18.5 Å². The molecule has 144 valence electrons. The summed E-state index contributed by atoms with van der Waals surface area (Å²) in [7, 11) is 0. The van der Waals surface area contributed by atoms with Gasteiger partial charge in [0.15, 0.2) is 6.61 Å². The zero-order chi connectivity index (χ0) is 19.2. The molecule has 0 spiro atoms. The lowest BCUT2D eigenvalue weighted by atomic mass is 9.79. The average molecular weight is 377 g/mol. The number of amides is 1. The minimum absolute atomic E-state index is 0.00486. The number of hydrogen-bond acceptors (Lipinski definition) is 5. The van der Waals surface area contributed by atoms with Crippen molar-refractivity contribution < 1.29 is 9.53 Å². The lowest BCUT2D eigenvalue weighted by Crippen LogP contribution is -2.40. The highest BCUT2D eigenvalue weighted by Crippen LogP contribution is 2.40. The first-order chi connectivity index (χ1) is 13.8. The summed E-state index contributed by atoms with van der Waals surface area (Å²) in [6.07, 6.45) is 6.15. The molecule has 1 saturated carbocycles. The van der Waals surface area contributed by atoms with Crippen molar-refractivity contribution in [2.24, 2.45) is 0 Å². The van der Waals surface area contributed by atoms with E-state index < -0.39 is 0 Å². The van der Waals surface area contributed by atoms with Gasteiger partial charge < -0.3 is 10.1 Å². The molecule has 3 aromatic rings. The summed E-state index contributed by atoms with van der Waals surface area (Å²) in [5.74, 6) is 0.525. The molecular weight excluding hydrogens is 354 g/mol. The Morgan fingerprint density at radius 2 is 1.82 bits per heavy atom. The number of ether oxygens (including phenoxy) is 1. The molecule has 7 heteroatoms. The maximum absolute atomic E-state index is 12.3. The first-order valence-corrected chi connectivity index (χ1v) is 9.54. The van der Waals surface area contributed by atoms with Crippen LogP contribution in [0.15, 0.2) is 60.9 Å². The fourth-order valence-corrected chi connectivity index (χ4v) is 3.85. The maximum atomic E-state index is 12.3. The van der Waals surface area contributed by atoms with Crippen LogP contribution in [-0.4, -0.2) is 39.3 Å². The number of hydrogen-bond donors (Lipinski definition) is 1. The molecule has 1 amide bonds. The minimum atomic E-state index is -0.105. The highest BCUT2D eigenvalue weighted by atomic mass is 16.5. The zero-order valence-corrected chi connectivity index (χ0v) is 15.6. The number of rotatable bonds is 7. The van der Waals surface area contributed by atoms with Crippen molar-refractivity contribution in [2.45, 2.75) is 31.1 Å². The lowest BCUT2D eigenvalue weighted by Gasteiger charge is -2.30. The van der Waals surface area contributed by atoms with Crippen molar-refractivity contribution >= 4 is 5.91 Å². The Labute approximate surface area is 163 Å². The van der Waals surface area contributed by atoms with Crippen LogP contribution >= 0.6 is 0 Å². The van der Waals surface area contributed by atoms with E-state index in [2.05, 4.69) is 45.1 Å². The first kappa shape index (κ1) is 18.2. The molecule has 28 heavy (non-hydrogen) atoms. The van der Waals surface area contributed by atoms with E-state index in [0.29, 0.717) is 12.3 Å². The monoisotopic (exact) mass is 377 g/mol. The van der Waals surface area contributed by atoms with Crippen LogP contribution in [0.1, 0.15) is 31.2 Å². The standard InChI is InChI=1S/C21H23N5O2/c27-20(14-28-19-10-8-18(9-11-19)26-16-23-24-25-26)22-15-21(12-4-5-13-21)17-6-2-1-3-7-17/h1-3,6-11,16H,4-5,12-15H2,(H,22,27). The van der Waals surface area contributed by atoms with Crippen molar-refractivity contribution in [1.82, 2.24) is 25.5 Å². The normalized spacial score (nSPS) is 15.3. The number of nitrogens with one attached hydrogen (secondary N) is 1. The molecule has 0 saturated heterocycles. The molecule has 1 aromatic heterocycles. The second-order valence-corrected chi connectivity index (χ2v) is 7.17. The van der Waals surface area contributed by atoms with Crippen molar-refractivity contribution in [2.75, 3.05) is 13.2 Å². The third-order valence-corrected chi connectivity index (χ3v) is 5.39. The highest BCUT2D eigenvalue weighted by molar-refractivity contribution is 5.77. The molecule has 0 atom stereocenters. The van der Waals surface area contributed by atoms with Gasteiger partial charge in [-0.2, -0.15) is 0 Å². The molecule has 4 rings (SSSR count). The lowest BCUT2D eigenvalue weighted by molar-refractivity contribution is -0.123. The van der Waals surface area contributed by atoms with E-state index in [1.165, 1.54) is 24.7 Å². The summed E-state index contributed by atoms with van der Waals surface area (Å²) in [6, 6.07) is 17.8. The van der Waals surface area contributed by atoms with E-state index >= 15 is 0 Å². The number of tetrazole rings is 1. The number of carbonyl (C=O) groups is 1. The number of aromatic nitrogens is 4. The maximum Gasteiger partial charge on any atom is 0.257 e. The molecule has 0 aliphatic heterocycles. The van der Waals surface area contributed by atoms with E-state index in [1.807, 2.05) is 18.2 Å². The largest absolute Gasteiger partial charge is 0.484 e. The van der Waals surface area contributed by atoms with Crippen LogP contribution in [0.3, 0.4) is 0 Å². The molecule has 0 unspecified atom stereocenters.